The van der Waals surface area contributed by atoms with Crippen LogP contribution in [-0.4, -0.2) is 75.2 Å². The van der Waals surface area contributed by atoms with Crippen molar-refractivity contribution in [1.29, 1.82) is 0 Å². The summed E-state index contributed by atoms with van der Waals surface area (Å²) in [5.41, 5.74) is 0.559. The Balaban J connectivity index is 0.00000240. The first-order chi connectivity index (χ1) is 14.1. The summed E-state index contributed by atoms with van der Waals surface area (Å²) in [6.07, 6.45) is 7.96. The maximum Gasteiger partial charge on any atom is 0.252 e. The molecule has 1 N–H and O–H groups in total. The second-order valence-electron chi connectivity index (χ2n) is 7.97. The molecule has 1 aromatic carbocycles. The van der Waals surface area contributed by atoms with E-state index in [1.165, 1.54) is 45.2 Å². The van der Waals surface area contributed by atoms with Gasteiger partial charge in [-0.05, 0) is 53.9 Å². The second-order valence-corrected chi connectivity index (χ2v) is 8.82. The molecule has 1 aromatic rings. The van der Waals surface area contributed by atoms with Crippen molar-refractivity contribution in [3.63, 3.8) is 0 Å². The van der Waals surface area contributed by atoms with Gasteiger partial charge in [0.1, 0.15) is 0 Å². The van der Waals surface area contributed by atoms with Gasteiger partial charge in [-0.3, -0.25) is 9.69 Å². The van der Waals surface area contributed by atoms with Crippen LogP contribution >= 0.6 is 40.7 Å². The number of carbonyl (C=O) groups is 1. The highest BCUT2D eigenvalue weighted by Gasteiger charge is 2.24. The summed E-state index contributed by atoms with van der Waals surface area (Å²) in [7, 11) is 3.15. The fourth-order valence-corrected chi connectivity index (χ4v) is 4.93. The van der Waals surface area contributed by atoms with Gasteiger partial charge in [-0.2, -0.15) is 0 Å². The zero-order valence-electron chi connectivity index (χ0n) is 18.5. The Kier molecular flexibility index (Phi) is 13.2. The molecule has 0 bridgehead atoms. The van der Waals surface area contributed by atoms with Gasteiger partial charge >= 0.3 is 0 Å². The van der Waals surface area contributed by atoms with Gasteiger partial charge in [0.25, 0.3) is 5.91 Å². The maximum atomic E-state index is 12.5. The molecule has 31 heavy (non-hydrogen) atoms. The Morgan fingerprint density at radius 2 is 1.65 bits per heavy atom. The van der Waals surface area contributed by atoms with Gasteiger partial charge in [0.05, 0.1) is 19.8 Å². The lowest BCUT2D eigenvalue weighted by atomic mass is 9.94. The standard InChI is InChI=1S/C22H34BrN3O3.2ClH/c1-28-20-15-18(19(23)16-21(20)29-2)22(27)24-9-6-10-25-11-13-26(14-12-25)17-7-4-3-5-8-17;;/h15-17H,3-14H2,1-2H3,(H,24,27);2*1H. The van der Waals surface area contributed by atoms with E-state index in [0.717, 1.165) is 32.1 Å². The van der Waals surface area contributed by atoms with E-state index in [-0.39, 0.29) is 30.7 Å². The molecule has 0 spiro atoms. The number of piperazine rings is 1. The van der Waals surface area contributed by atoms with Crippen molar-refractivity contribution in [2.45, 2.75) is 44.6 Å². The Labute approximate surface area is 207 Å². The number of ether oxygens (including phenoxy) is 2. The first-order valence-electron chi connectivity index (χ1n) is 10.8. The smallest absolute Gasteiger partial charge is 0.252 e. The monoisotopic (exact) mass is 539 g/mol. The van der Waals surface area contributed by atoms with E-state index in [2.05, 4.69) is 31.0 Å². The summed E-state index contributed by atoms with van der Waals surface area (Å²) in [6.45, 7) is 6.37. The third kappa shape index (κ3) is 7.97. The van der Waals surface area contributed by atoms with Crippen LogP contribution in [0.3, 0.4) is 0 Å². The van der Waals surface area contributed by atoms with E-state index >= 15 is 0 Å². The van der Waals surface area contributed by atoms with Crippen molar-refractivity contribution < 1.29 is 14.3 Å². The molecule has 2 fully saturated rings. The van der Waals surface area contributed by atoms with E-state index in [1.807, 2.05) is 0 Å². The molecule has 178 valence electrons. The number of rotatable bonds is 8. The molecule has 1 aliphatic heterocycles. The molecule has 6 nitrogen and oxygen atoms in total. The Morgan fingerprint density at radius 1 is 1.03 bits per heavy atom. The van der Waals surface area contributed by atoms with Gasteiger partial charge in [-0.1, -0.05) is 19.3 Å². The van der Waals surface area contributed by atoms with Gasteiger partial charge < -0.3 is 19.7 Å². The number of amides is 1. The largest absolute Gasteiger partial charge is 0.493 e. The molecular formula is C22H36BrCl2N3O3. The molecule has 2 aliphatic rings. The molecule has 9 heteroatoms. The molecule has 1 saturated carbocycles. The van der Waals surface area contributed by atoms with Crippen molar-refractivity contribution >= 4 is 46.7 Å². The van der Waals surface area contributed by atoms with Gasteiger partial charge in [0, 0.05) is 43.2 Å². The first kappa shape index (κ1) is 28.3. The van der Waals surface area contributed by atoms with E-state index in [0.29, 0.717) is 28.1 Å². The van der Waals surface area contributed by atoms with Crippen LogP contribution in [0.25, 0.3) is 0 Å². The molecule has 0 aromatic heterocycles. The third-order valence-electron chi connectivity index (χ3n) is 6.15. The molecule has 1 amide bonds. The zero-order chi connectivity index (χ0) is 20.6. The zero-order valence-corrected chi connectivity index (χ0v) is 21.7. The van der Waals surface area contributed by atoms with Gasteiger partial charge in [-0.25, -0.2) is 0 Å². The minimum atomic E-state index is -0.0973. The summed E-state index contributed by atoms with van der Waals surface area (Å²) in [6, 6.07) is 4.30. The average Bonchev–Trinajstić information content (AvgIpc) is 2.77. The number of hydrogen-bond donors (Lipinski definition) is 1. The second kappa shape index (κ2) is 14.4. The summed E-state index contributed by atoms with van der Waals surface area (Å²) < 4.78 is 11.3. The summed E-state index contributed by atoms with van der Waals surface area (Å²) in [5.74, 6) is 1.06. The lowest BCUT2D eigenvalue weighted by Crippen LogP contribution is -2.51. The van der Waals surface area contributed by atoms with Crippen molar-refractivity contribution in [3.05, 3.63) is 22.2 Å². The van der Waals surface area contributed by atoms with Crippen LogP contribution in [0.15, 0.2) is 16.6 Å². The van der Waals surface area contributed by atoms with Crippen LogP contribution in [0, 0.1) is 0 Å². The number of halogens is 3. The molecule has 1 aliphatic carbocycles. The number of nitrogens with zero attached hydrogens (tertiary/aromatic N) is 2. The Hall–Kier alpha value is -0.730. The number of benzene rings is 1. The van der Waals surface area contributed by atoms with Crippen molar-refractivity contribution in [1.82, 2.24) is 15.1 Å². The quantitative estimate of drug-likeness (QED) is 0.496. The van der Waals surface area contributed by atoms with E-state index in [1.54, 1.807) is 26.4 Å². The lowest BCUT2D eigenvalue weighted by Gasteiger charge is -2.40. The topological polar surface area (TPSA) is 54.0 Å². The summed E-state index contributed by atoms with van der Waals surface area (Å²) in [5, 5.41) is 3.03. The predicted octanol–water partition coefficient (Wildman–Crippen LogP) is 4.38. The molecule has 0 radical (unpaired) electrons. The van der Waals surface area contributed by atoms with Crippen LogP contribution in [0.5, 0.6) is 11.5 Å². The Morgan fingerprint density at radius 3 is 2.26 bits per heavy atom. The summed E-state index contributed by atoms with van der Waals surface area (Å²) >= 11 is 3.45. The van der Waals surface area contributed by atoms with Crippen molar-refractivity contribution in [3.8, 4) is 11.5 Å². The Bertz CT molecular complexity index is 682. The fraction of sp³-hybridized carbons (Fsp3) is 0.682. The van der Waals surface area contributed by atoms with Crippen molar-refractivity contribution in [2.75, 3.05) is 53.5 Å². The first-order valence-corrected chi connectivity index (χ1v) is 11.6. The molecule has 0 unspecified atom stereocenters. The van der Waals surface area contributed by atoms with Crippen LogP contribution in [-0.2, 0) is 0 Å². The fourth-order valence-electron chi connectivity index (χ4n) is 4.43. The van der Waals surface area contributed by atoms with Crippen LogP contribution in [0.1, 0.15) is 48.9 Å². The molecular weight excluding hydrogens is 505 g/mol. The highest BCUT2D eigenvalue weighted by Crippen LogP contribution is 2.33. The molecule has 3 rings (SSSR count). The highest BCUT2D eigenvalue weighted by molar-refractivity contribution is 9.10. The van der Waals surface area contributed by atoms with Gasteiger partial charge in [0.15, 0.2) is 11.5 Å². The minimum absolute atomic E-state index is 0. The van der Waals surface area contributed by atoms with E-state index in [9.17, 15) is 4.79 Å². The number of nitrogens with one attached hydrogen (secondary N) is 1. The predicted molar refractivity (Wildman–Crippen MR) is 134 cm³/mol. The number of methoxy groups -OCH3 is 2. The van der Waals surface area contributed by atoms with Crippen LogP contribution in [0.2, 0.25) is 0 Å². The normalized spacial score (nSPS) is 17.9. The van der Waals surface area contributed by atoms with E-state index in [4.69, 9.17) is 9.47 Å². The third-order valence-corrected chi connectivity index (χ3v) is 6.81. The molecule has 1 saturated heterocycles. The van der Waals surface area contributed by atoms with E-state index < -0.39 is 0 Å². The van der Waals surface area contributed by atoms with Crippen LogP contribution in [0.4, 0.5) is 0 Å². The summed E-state index contributed by atoms with van der Waals surface area (Å²) in [4.78, 5) is 17.8. The van der Waals surface area contributed by atoms with Crippen LogP contribution < -0.4 is 14.8 Å². The molecule has 1 heterocycles. The maximum absolute atomic E-state index is 12.5. The van der Waals surface area contributed by atoms with Crippen molar-refractivity contribution in [2.24, 2.45) is 0 Å². The number of hydrogen-bond acceptors (Lipinski definition) is 5. The number of carbonyl (C=O) groups excluding carboxylic acids is 1. The SMILES string of the molecule is COc1cc(Br)c(C(=O)NCCCN2CCN(C3CCCCC3)CC2)cc1OC.Cl.Cl. The average molecular weight is 541 g/mol. The molecule has 0 atom stereocenters. The minimum Gasteiger partial charge on any atom is -0.493 e. The lowest BCUT2D eigenvalue weighted by molar-refractivity contribution is 0.0779. The highest BCUT2D eigenvalue weighted by atomic mass is 79.9. The van der Waals surface area contributed by atoms with Gasteiger partial charge in [-0.15, -0.1) is 24.8 Å². The van der Waals surface area contributed by atoms with Gasteiger partial charge in [0.2, 0.25) is 0 Å².